The van der Waals surface area contributed by atoms with Crippen LogP contribution in [0, 0.1) is 11.8 Å². The lowest BCUT2D eigenvalue weighted by Crippen LogP contribution is -2.27. The van der Waals surface area contributed by atoms with Crippen LogP contribution in [-0.4, -0.2) is 11.1 Å². The van der Waals surface area contributed by atoms with Crippen molar-refractivity contribution in [2.24, 2.45) is 11.8 Å². The molecule has 13 heavy (non-hydrogen) atoms. The van der Waals surface area contributed by atoms with Crippen molar-refractivity contribution in [1.82, 2.24) is 0 Å². The zero-order valence-corrected chi connectivity index (χ0v) is 7.79. The van der Waals surface area contributed by atoms with Crippen molar-refractivity contribution in [3.8, 4) is 0 Å². The van der Waals surface area contributed by atoms with E-state index in [1.165, 1.54) is 11.6 Å². The third kappa shape index (κ3) is 1.30. The normalized spacial score (nSPS) is 33.9. The first-order valence-corrected chi connectivity index (χ1v) is 4.84. The summed E-state index contributed by atoms with van der Waals surface area (Å²) in [7, 11) is 0. The largest absolute Gasteiger partial charge is 0.478 e. The number of allylic oxidation sites excluding steroid dienone is 3. The molecule has 1 fully saturated rings. The topological polar surface area (TPSA) is 37.3 Å². The molecule has 70 valence electrons. The zero-order chi connectivity index (χ0) is 9.42. The lowest BCUT2D eigenvalue weighted by atomic mass is 9.68. The number of carboxylic acid groups (broad SMARTS) is 1. The lowest BCUT2D eigenvalue weighted by molar-refractivity contribution is -0.131. The first-order chi connectivity index (χ1) is 6.22. The van der Waals surface area contributed by atoms with Gasteiger partial charge in [0, 0.05) is 12.0 Å². The predicted molar refractivity (Wildman–Crippen MR) is 50.3 cm³/mol. The lowest BCUT2D eigenvalue weighted by Gasteiger charge is -2.36. The maximum absolute atomic E-state index is 10.5. The standard InChI is InChI=1S/C11H14O2/c1-2-7-3-4-8-5-9(11(7)8)6-10(12)13/h3,6,8,11H,2,4-5H2,1H3,(H,12,13)/t8-,11-/m0/s1. The molecule has 0 unspecified atom stereocenters. The molecule has 0 aromatic rings. The summed E-state index contributed by atoms with van der Waals surface area (Å²) in [6, 6.07) is 0. The molecule has 0 bridgehead atoms. The van der Waals surface area contributed by atoms with Gasteiger partial charge in [0.05, 0.1) is 0 Å². The summed E-state index contributed by atoms with van der Waals surface area (Å²) < 4.78 is 0. The van der Waals surface area contributed by atoms with E-state index < -0.39 is 5.97 Å². The second-order valence-electron chi connectivity index (χ2n) is 3.87. The van der Waals surface area contributed by atoms with E-state index in [-0.39, 0.29) is 0 Å². The Bertz CT molecular complexity index is 299. The highest BCUT2D eigenvalue weighted by molar-refractivity contribution is 5.81. The van der Waals surface area contributed by atoms with Crippen molar-refractivity contribution < 1.29 is 9.90 Å². The smallest absolute Gasteiger partial charge is 0.328 e. The van der Waals surface area contributed by atoms with Gasteiger partial charge in [-0.3, -0.25) is 0 Å². The fourth-order valence-electron chi connectivity index (χ4n) is 2.55. The molecule has 2 rings (SSSR count). The van der Waals surface area contributed by atoms with Crippen LogP contribution in [0.2, 0.25) is 0 Å². The molecule has 0 spiro atoms. The average Bonchev–Trinajstić information content (AvgIpc) is 2.37. The maximum Gasteiger partial charge on any atom is 0.328 e. The van der Waals surface area contributed by atoms with Gasteiger partial charge in [0.15, 0.2) is 0 Å². The molecule has 0 aromatic carbocycles. The van der Waals surface area contributed by atoms with E-state index in [0.717, 1.165) is 30.8 Å². The quantitative estimate of drug-likeness (QED) is 0.520. The highest BCUT2D eigenvalue weighted by Crippen LogP contribution is 2.51. The molecule has 1 N–H and O–H groups in total. The second kappa shape index (κ2) is 3.02. The highest BCUT2D eigenvalue weighted by Gasteiger charge is 2.40. The van der Waals surface area contributed by atoms with Crippen LogP contribution in [0.4, 0.5) is 0 Å². The third-order valence-electron chi connectivity index (χ3n) is 3.17. The van der Waals surface area contributed by atoms with Gasteiger partial charge in [-0.15, -0.1) is 0 Å². The van der Waals surface area contributed by atoms with E-state index >= 15 is 0 Å². The van der Waals surface area contributed by atoms with E-state index in [9.17, 15) is 4.79 Å². The first kappa shape index (κ1) is 8.54. The van der Waals surface area contributed by atoms with Gasteiger partial charge in [-0.1, -0.05) is 24.1 Å². The number of rotatable bonds is 2. The van der Waals surface area contributed by atoms with Crippen molar-refractivity contribution in [3.63, 3.8) is 0 Å². The van der Waals surface area contributed by atoms with Crippen LogP contribution in [-0.2, 0) is 4.79 Å². The summed E-state index contributed by atoms with van der Waals surface area (Å²) in [5, 5.41) is 8.63. The molecule has 2 nitrogen and oxygen atoms in total. The van der Waals surface area contributed by atoms with Gasteiger partial charge in [0.25, 0.3) is 0 Å². The average molecular weight is 178 g/mol. The van der Waals surface area contributed by atoms with E-state index in [0.29, 0.717) is 5.92 Å². The summed E-state index contributed by atoms with van der Waals surface area (Å²) in [5.41, 5.74) is 2.58. The molecule has 0 amide bonds. The van der Waals surface area contributed by atoms with Gasteiger partial charge >= 0.3 is 5.97 Å². The van der Waals surface area contributed by atoms with Crippen LogP contribution in [0.1, 0.15) is 26.2 Å². The molecular formula is C11H14O2. The molecule has 2 atom stereocenters. The highest BCUT2D eigenvalue weighted by atomic mass is 16.4. The Labute approximate surface area is 78.0 Å². The summed E-state index contributed by atoms with van der Waals surface area (Å²) >= 11 is 0. The minimum Gasteiger partial charge on any atom is -0.478 e. The molecule has 0 heterocycles. The summed E-state index contributed by atoms with van der Waals surface area (Å²) in [4.78, 5) is 10.5. The fraction of sp³-hybridized carbons (Fsp3) is 0.545. The van der Waals surface area contributed by atoms with E-state index in [2.05, 4.69) is 13.0 Å². The number of aliphatic carboxylic acids is 1. The van der Waals surface area contributed by atoms with Gasteiger partial charge in [-0.25, -0.2) is 4.79 Å². The predicted octanol–water partition coefficient (Wildman–Crippen LogP) is 2.37. The molecule has 2 aliphatic carbocycles. The molecular weight excluding hydrogens is 164 g/mol. The summed E-state index contributed by atoms with van der Waals surface area (Å²) in [6.07, 6.45) is 6.91. The van der Waals surface area contributed by atoms with E-state index in [1.54, 1.807) is 0 Å². The van der Waals surface area contributed by atoms with Gasteiger partial charge in [0.1, 0.15) is 0 Å². The van der Waals surface area contributed by atoms with E-state index in [4.69, 9.17) is 5.11 Å². The van der Waals surface area contributed by atoms with Crippen molar-refractivity contribution in [1.29, 1.82) is 0 Å². The van der Waals surface area contributed by atoms with Crippen molar-refractivity contribution in [2.75, 3.05) is 0 Å². The molecule has 2 heteroatoms. The second-order valence-corrected chi connectivity index (χ2v) is 3.87. The SMILES string of the molecule is CCC1=CC[C@H]2CC(=CC(=O)O)[C@@H]12. The summed E-state index contributed by atoms with van der Waals surface area (Å²) in [6.45, 7) is 2.14. The van der Waals surface area contributed by atoms with Crippen LogP contribution in [0.25, 0.3) is 0 Å². The van der Waals surface area contributed by atoms with Crippen molar-refractivity contribution in [3.05, 3.63) is 23.3 Å². The van der Waals surface area contributed by atoms with E-state index in [1.807, 2.05) is 0 Å². The van der Waals surface area contributed by atoms with Crippen molar-refractivity contribution in [2.45, 2.75) is 26.2 Å². The Morgan fingerprint density at radius 1 is 1.77 bits per heavy atom. The fourth-order valence-corrected chi connectivity index (χ4v) is 2.55. The number of carboxylic acids is 1. The van der Waals surface area contributed by atoms with Crippen LogP contribution >= 0.6 is 0 Å². The minimum atomic E-state index is -0.796. The molecule has 0 aromatic heterocycles. The molecule has 0 radical (unpaired) electrons. The van der Waals surface area contributed by atoms with Gasteiger partial charge in [-0.2, -0.15) is 0 Å². The van der Waals surface area contributed by atoms with Crippen LogP contribution in [0.15, 0.2) is 23.3 Å². The first-order valence-electron chi connectivity index (χ1n) is 4.84. The zero-order valence-electron chi connectivity index (χ0n) is 7.79. The number of carbonyl (C=O) groups is 1. The Balaban J connectivity index is 2.14. The monoisotopic (exact) mass is 178 g/mol. The van der Waals surface area contributed by atoms with Gasteiger partial charge in [0.2, 0.25) is 0 Å². The number of hydrogen-bond acceptors (Lipinski definition) is 1. The summed E-state index contributed by atoms with van der Waals surface area (Å²) in [5.74, 6) is 0.414. The van der Waals surface area contributed by atoms with Gasteiger partial charge < -0.3 is 5.11 Å². The Kier molecular flexibility index (Phi) is 1.98. The van der Waals surface area contributed by atoms with Gasteiger partial charge in [-0.05, 0) is 25.2 Å². The molecule has 1 saturated carbocycles. The molecule has 0 saturated heterocycles. The van der Waals surface area contributed by atoms with Crippen molar-refractivity contribution >= 4 is 5.97 Å². The number of fused-ring (bicyclic) bond motifs is 1. The third-order valence-corrected chi connectivity index (χ3v) is 3.17. The van der Waals surface area contributed by atoms with Crippen LogP contribution in [0.3, 0.4) is 0 Å². The van der Waals surface area contributed by atoms with Crippen LogP contribution < -0.4 is 0 Å². The minimum absolute atomic E-state index is 0.487. The molecule has 0 aliphatic heterocycles. The Morgan fingerprint density at radius 2 is 2.54 bits per heavy atom. The number of hydrogen-bond donors (Lipinski definition) is 1. The Hall–Kier alpha value is -1.05. The van der Waals surface area contributed by atoms with Crippen LogP contribution in [0.5, 0.6) is 0 Å². The maximum atomic E-state index is 10.5. The Morgan fingerprint density at radius 3 is 3.15 bits per heavy atom. The molecule has 2 aliphatic rings.